The topological polar surface area (TPSA) is 109 Å². The third-order valence-electron chi connectivity index (χ3n) is 4.52. The van der Waals surface area contributed by atoms with E-state index in [1.54, 1.807) is 37.3 Å². The summed E-state index contributed by atoms with van der Waals surface area (Å²) >= 11 is 0. The Kier molecular flexibility index (Phi) is 5.79. The van der Waals surface area contributed by atoms with E-state index in [9.17, 15) is 20.2 Å². The average molecular weight is 401 g/mol. The Morgan fingerprint density at radius 2 is 1.80 bits per heavy atom. The van der Waals surface area contributed by atoms with Gasteiger partial charge in [0.2, 0.25) is 0 Å². The summed E-state index contributed by atoms with van der Waals surface area (Å²) in [7, 11) is 0. The number of nitrogens with zero attached hydrogens (tertiary/aromatic N) is 2. The van der Waals surface area contributed by atoms with Crippen LogP contribution in [-0.4, -0.2) is 10.8 Å². The summed E-state index contributed by atoms with van der Waals surface area (Å²) in [5.74, 6) is -0.0454. The van der Waals surface area contributed by atoms with E-state index in [2.05, 4.69) is 5.32 Å². The summed E-state index contributed by atoms with van der Waals surface area (Å²) in [6.45, 7) is 5.58. The van der Waals surface area contributed by atoms with Crippen LogP contribution in [0.3, 0.4) is 0 Å². The van der Waals surface area contributed by atoms with E-state index >= 15 is 0 Å². The molecule has 2 aromatic carbocycles. The standard InChI is InChI=1S/C23H19N3O4/c1-14-5-8-20(16(3)10-14)25-23(27)17(13-24)12-18-6-9-22(30-18)19-7-4-15(2)11-21(19)26(28)29/h4-12H,1-3H3,(H,25,27)/b17-12+. The number of nitro benzene ring substituents is 1. The summed E-state index contributed by atoms with van der Waals surface area (Å²) in [6, 6.07) is 15.4. The molecule has 150 valence electrons. The van der Waals surface area contributed by atoms with Crippen molar-refractivity contribution in [2.24, 2.45) is 0 Å². The fraction of sp³-hybridized carbons (Fsp3) is 0.130. The fourth-order valence-corrected chi connectivity index (χ4v) is 3.01. The van der Waals surface area contributed by atoms with Crippen molar-refractivity contribution in [3.8, 4) is 17.4 Å². The van der Waals surface area contributed by atoms with Crippen LogP contribution in [0.25, 0.3) is 17.4 Å². The number of nitriles is 1. The van der Waals surface area contributed by atoms with Gasteiger partial charge in [0.15, 0.2) is 0 Å². The van der Waals surface area contributed by atoms with Gasteiger partial charge in [0.05, 0.1) is 10.5 Å². The second-order valence-electron chi connectivity index (χ2n) is 6.92. The number of rotatable bonds is 5. The summed E-state index contributed by atoms with van der Waals surface area (Å²) in [4.78, 5) is 23.4. The molecule has 7 heteroatoms. The molecule has 0 fully saturated rings. The van der Waals surface area contributed by atoms with E-state index in [0.29, 0.717) is 11.3 Å². The maximum absolute atomic E-state index is 12.5. The van der Waals surface area contributed by atoms with Gasteiger partial charge in [0, 0.05) is 17.8 Å². The first-order valence-electron chi connectivity index (χ1n) is 9.14. The van der Waals surface area contributed by atoms with Gasteiger partial charge in [-0.25, -0.2) is 0 Å². The Balaban J connectivity index is 1.88. The number of amides is 1. The number of nitrogens with one attached hydrogen (secondary N) is 1. The van der Waals surface area contributed by atoms with E-state index in [4.69, 9.17) is 4.42 Å². The van der Waals surface area contributed by atoms with Crippen molar-refractivity contribution in [1.82, 2.24) is 0 Å². The third-order valence-corrected chi connectivity index (χ3v) is 4.52. The summed E-state index contributed by atoms with van der Waals surface area (Å²) in [5.41, 5.74) is 3.42. The minimum atomic E-state index is -0.566. The number of furan rings is 1. The number of hydrogen-bond acceptors (Lipinski definition) is 5. The molecular formula is C23H19N3O4. The van der Waals surface area contributed by atoms with Crippen LogP contribution in [0, 0.1) is 42.2 Å². The first kappa shape index (κ1) is 20.6. The van der Waals surface area contributed by atoms with Crippen molar-refractivity contribution in [2.45, 2.75) is 20.8 Å². The number of hydrogen-bond donors (Lipinski definition) is 1. The van der Waals surface area contributed by atoms with Crippen LogP contribution >= 0.6 is 0 Å². The number of carbonyl (C=O) groups is 1. The molecule has 1 heterocycles. The molecule has 1 N–H and O–H groups in total. The molecule has 0 saturated heterocycles. The normalized spacial score (nSPS) is 11.1. The lowest BCUT2D eigenvalue weighted by atomic mass is 10.1. The molecular weight excluding hydrogens is 382 g/mol. The zero-order valence-corrected chi connectivity index (χ0v) is 16.7. The SMILES string of the molecule is Cc1ccc(NC(=O)/C(C#N)=C/c2ccc(-c3ccc(C)cc3[N+](=O)[O-])o2)c(C)c1. The summed E-state index contributed by atoms with van der Waals surface area (Å²) < 4.78 is 5.66. The molecule has 0 bridgehead atoms. The second kappa shape index (κ2) is 8.45. The van der Waals surface area contributed by atoms with Gasteiger partial charge in [-0.15, -0.1) is 0 Å². The van der Waals surface area contributed by atoms with Crippen LogP contribution in [-0.2, 0) is 4.79 Å². The maximum atomic E-state index is 12.5. The van der Waals surface area contributed by atoms with Gasteiger partial charge in [-0.05, 0) is 56.2 Å². The number of carbonyl (C=O) groups excluding carboxylic acids is 1. The van der Waals surface area contributed by atoms with Crippen LogP contribution in [0.1, 0.15) is 22.5 Å². The number of anilines is 1. The molecule has 1 amide bonds. The Labute approximate surface area is 173 Å². The monoisotopic (exact) mass is 401 g/mol. The first-order valence-corrected chi connectivity index (χ1v) is 9.14. The lowest BCUT2D eigenvalue weighted by Gasteiger charge is -2.08. The molecule has 3 rings (SSSR count). The van der Waals surface area contributed by atoms with Crippen molar-refractivity contribution in [3.63, 3.8) is 0 Å². The van der Waals surface area contributed by atoms with E-state index in [-0.39, 0.29) is 22.8 Å². The largest absolute Gasteiger partial charge is 0.456 e. The van der Waals surface area contributed by atoms with Gasteiger partial charge in [-0.3, -0.25) is 14.9 Å². The van der Waals surface area contributed by atoms with Crippen molar-refractivity contribution < 1.29 is 14.1 Å². The molecule has 0 saturated carbocycles. The number of benzene rings is 2. The van der Waals surface area contributed by atoms with Gasteiger partial charge >= 0.3 is 0 Å². The van der Waals surface area contributed by atoms with Crippen molar-refractivity contribution in [3.05, 3.63) is 86.7 Å². The molecule has 0 atom stereocenters. The van der Waals surface area contributed by atoms with Crippen LogP contribution in [0.4, 0.5) is 11.4 Å². The first-order chi connectivity index (χ1) is 14.3. The fourth-order valence-electron chi connectivity index (χ4n) is 3.01. The van der Waals surface area contributed by atoms with Gasteiger partial charge in [-0.1, -0.05) is 23.8 Å². The lowest BCUT2D eigenvalue weighted by molar-refractivity contribution is -0.384. The average Bonchev–Trinajstić information content (AvgIpc) is 3.16. The van der Waals surface area contributed by atoms with E-state index in [1.165, 1.54) is 12.1 Å². The van der Waals surface area contributed by atoms with Crippen LogP contribution in [0.5, 0.6) is 0 Å². The Morgan fingerprint density at radius 1 is 1.10 bits per heavy atom. The Morgan fingerprint density at radius 3 is 2.47 bits per heavy atom. The zero-order chi connectivity index (χ0) is 21.8. The minimum Gasteiger partial charge on any atom is -0.456 e. The summed E-state index contributed by atoms with van der Waals surface area (Å²) in [5, 5.41) is 23.5. The van der Waals surface area contributed by atoms with E-state index in [1.807, 2.05) is 32.0 Å². The molecule has 0 unspecified atom stereocenters. The second-order valence-corrected chi connectivity index (χ2v) is 6.92. The highest BCUT2D eigenvalue weighted by molar-refractivity contribution is 6.09. The van der Waals surface area contributed by atoms with Gasteiger partial charge in [0.1, 0.15) is 23.2 Å². The number of nitro groups is 1. The molecule has 30 heavy (non-hydrogen) atoms. The Hall–Kier alpha value is -4.18. The van der Waals surface area contributed by atoms with Gasteiger partial charge < -0.3 is 9.73 Å². The molecule has 1 aromatic heterocycles. The van der Waals surface area contributed by atoms with Crippen LogP contribution < -0.4 is 5.32 Å². The highest BCUT2D eigenvalue weighted by Gasteiger charge is 2.19. The van der Waals surface area contributed by atoms with Crippen molar-refractivity contribution in [1.29, 1.82) is 5.26 Å². The number of aryl methyl sites for hydroxylation is 3. The van der Waals surface area contributed by atoms with Crippen LogP contribution in [0.2, 0.25) is 0 Å². The summed E-state index contributed by atoms with van der Waals surface area (Å²) in [6.07, 6.45) is 1.31. The van der Waals surface area contributed by atoms with E-state index in [0.717, 1.165) is 16.7 Å². The Bertz CT molecular complexity index is 1220. The quantitative estimate of drug-likeness (QED) is 0.269. The predicted molar refractivity (Wildman–Crippen MR) is 114 cm³/mol. The van der Waals surface area contributed by atoms with Gasteiger partial charge in [0.25, 0.3) is 11.6 Å². The van der Waals surface area contributed by atoms with Crippen molar-refractivity contribution in [2.75, 3.05) is 5.32 Å². The molecule has 0 radical (unpaired) electrons. The molecule has 0 aliphatic carbocycles. The highest BCUT2D eigenvalue weighted by atomic mass is 16.6. The molecule has 0 spiro atoms. The molecule has 0 aliphatic rings. The van der Waals surface area contributed by atoms with Crippen LogP contribution in [0.15, 0.2) is 58.5 Å². The molecule has 7 nitrogen and oxygen atoms in total. The predicted octanol–water partition coefficient (Wildman–Crippen LogP) is 5.33. The van der Waals surface area contributed by atoms with E-state index < -0.39 is 10.8 Å². The maximum Gasteiger partial charge on any atom is 0.280 e. The molecule has 3 aromatic rings. The van der Waals surface area contributed by atoms with Crippen molar-refractivity contribution >= 4 is 23.4 Å². The zero-order valence-electron chi connectivity index (χ0n) is 16.7. The third kappa shape index (κ3) is 4.45. The molecule has 0 aliphatic heterocycles. The minimum absolute atomic E-state index is 0.0759. The van der Waals surface area contributed by atoms with Gasteiger partial charge in [-0.2, -0.15) is 5.26 Å². The highest BCUT2D eigenvalue weighted by Crippen LogP contribution is 2.32. The smallest absolute Gasteiger partial charge is 0.280 e. The lowest BCUT2D eigenvalue weighted by Crippen LogP contribution is -2.14.